The third-order valence-corrected chi connectivity index (χ3v) is 10.5. The molecule has 344 valence electrons. The van der Waals surface area contributed by atoms with E-state index in [1.165, 1.54) is 13.2 Å². The van der Waals surface area contributed by atoms with E-state index in [-0.39, 0.29) is 12.4 Å². The maximum absolute atomic E-state index is 14.2. The third-order valence-electron chi connectivity index (χ3n) is 10.5. The predicted octanol–water partition coefficient (Wildman–Crippen LogP) is 8.36. The zero-order chi connectivity index (χ0) is 46.7. The Morgan fingerprint density at radius 2 is 1.18 bits per heavy atom. The monoisotopic (exact) mass is 903 g/mol. The van der Waals surface area contributed by atoms with Crippen LogP contribution in [0.25, 0.3) is 44.6 Å². The van der Waals surface area contributed by atoms with Crippen molar-refractivity contribution in [2.45, 2.75) is 25.9 Å². The van der Waals surface area contributed by atoms with E-state index < -0.39 is 17.8 Å². The zero-order valence-corrected chi connectivity index (χ0v) is 37.6. The third kappa shape index (κ3) is 11.3. The number of ether oxygens (including phenoxy) is 3. The van der Waals surface area contributed by atoms with Crippen LogP contribution in [-0.4, -0.2) is 105 Å². The lowest BCUT2D eigenvalue weighted by molar-refractivity contribution is 0.291. The molecule has 0 saturated carbocycles. The lowest BCUT2D eigenvalue weighted by Crippen LogP contribution is -2.27. The highest BCUT2D eigenvalue weighted by molar-refractivity contribution is 5.84. The average molecular weight is 904 g/mol. The molecule has 0 aliphatic rings. The molecule has 15 nitrogen and oxygen atoms in total. The number of alkyl halides is 1. The molecule has 0 spiro atoms. The Kier molecular flexibility index (Phi) is 15.3. The molecule has 1 atom stereocenters. The van der Waals surface area contributed by atoms with Crippen molar-refractivity contribution in [1.29, 1.82) is 0 Å². The van der Waals surface area contributed by atoms with Gasteiger partial charge in [0, 0.05) is 117 Å². The summed E-state index contributed by atoms with van der Waals surface area (Å²) in [6, 6.07) is 19.8. The van der Waals surface area contributed by atoms with Crippen LogP contribution in [0.2, 0.25) is 0 Å². The molecule has 8 rings (SSSR count). The fraction of sp³-hybridized carbons (Fsp3) is 0.292. The highest BCUT2D eigenvalue weighted by atomic mass is 19.2. The van der Waals surface area contributed by atoms with E-state index in [1.807, 2.05) is 81.1 Å². The molecule has 8 aromatic rings. The molecule has 1 unspecified atom stereocenters. The van der Waals surface area contributed by atoms with E-state index in [0.717, 1.165) is 51.7 Å². The summed E-state index contributed by atoms with van der Waals surface area (Å²) in [4.78, 5) is 22.6. The van der Waals surface area contributed by atoms with Gasteiger partial charge in [0.05, 0.1) is 79.6 Å². The summed E-state index contributed by atoms with van der Waals surface area (Å²) in [6.45, 7) is 3.63. The van der Waals surface area contributed by atoms with E-state index in [4.69, 9.17) is 24.2 Å². The van der Waals surface area contributed by atoms with E-state index in [1.54, 1.807) is 60.2 Å². The maximum atomic E-state index is 14.2. The number of methoxy groups -OCH3 is 3. The minimum absolute atomic E-state index is 0.0458. The van der Waals surface area contributed by atoms with Crippen LogP contribution in [0.15, 0.2) is 104 Å². The number of aliphatic hydroxyl groups excluding tert-OH is 1. The first-order valence-electron chi connectivity index (χ1n) is 21.2. The number of aryl methyl sites for hydroxylation is 2. The zero-order valence-electron chi connectivity index (χ0n) is 37.6. The Morgan fingerprint density at radius 1 is 0.652 bits per heavy atom. The fourth-order valence-electron chi connectivity index (χ4n) is 7.23. The molecule has 4 heterocycles. The van der Waals surface area contributed by atoms with Crippen molar-refractivity contribution in [3.05, 3.63) is 116 Å². The van der Waals surface area contributed by atoms with Crippen LogP contribution in [-0.2, 0) is 14.1 Å². The molecule has 66 heavy (non-hydrogen) atoms. The van der Waals surface area contributed by atoms with Gasteiger partial charge in [-0.15, -0.1) is 0 Å². The number of benzene rings is 4. The highest BCUT2D eigenvalue weighted by Crippen LogP contribution is 2.36. The maximum Gasteiger partial charge on any atom is 0.200 e. The molecule has 0 amide bonds. The lowest BCUT2D eigenvalue weighted by Gasteiger charge is -2.26. The summed E-state index contributed by atoms with van der Waals surface area (Å²) < 4.78 is 60.7. The number of nitrogens with zero attached hydrogens (tertiary/aromatic N) is 10. The van der Waals surface area contributed by atoms with Crippen LogP contribution >= 0.6 is 0 Å². The Morgan fingerprint density at radius 3 is 1.65 bits per heavy atom. The number of aliphatic hydroxyl groups is 1. The summed E-state index contributed by atoms with van der Waals surface area (Å²) in [7, 11) is 8.25. The normalized spacial score (nSPS) is 11.6. The van der Waals surface area contributed by atoms with Crippen molar-refractivity contribution in [1.82, 2.24) is 44.8 Å². The van der Waals surface area contributed by atoms with Crippen LogP contribution in [0, 0.1) is 11.6 Å². The van der Waals surface area contributed by atoms with Gasteiger partial charge in [-0.1, -0.05) is 0 Å². The van der Waals surface area contributed by atoms with Crippen molar-refractivity contribution in [3.8, 4) is 39.8 Å². The summed E-state index contributed by atoms with van der Waals surface area (Å²) in [5.74, 6) is -0.841. The Hall–Kier alpha value is -7.31. The van der Waals surface area contributed by atoms with Crippen LogP contribution < -0.4 is 29.3 Å². The van der Waals surface area contributed by atoms with E-state index in [9.17, 15) is 18.3 Å². The molecule has 0 fully saturated rings. The second-order valence-corrected chi connectivity index (χ2v) is 15.4. The van der Waals surface area contributed by atoms with Gasteiger partial charge >= 0.3 is 0 Å². The minimum atomic E-state index is -1.04. The summed E-state index contributed by atoms with van der Waals surface area (Å²) in [5.41, 5.74) is 9.11. The number of anilines is 4. The molecular weight excluding hydrogens is 852 g/mol. The number of fused-ring (bicyclic) bond motifs is 2. The van der Waals surface area contributed by atoms with Gasteiger partial charge in [0.2, 0.25) is 5.82 Å². The Balaban J connectivity index is 0.000000198. The number of hydrogen-bond acceptors (Lipinski definition) is 13. The van der Waals surface area contributed by atoms with Crippen molar-refractivity contribution in [2.75, 3.05) is 63.9 Å². The van der Waals surface area contributed by atoms with Crippen molar-refractivity contribution >= 4 is 44.8 Å². The van der Waals surface area contributed by atoms with Gasteiger partial charge in [0.1, 0.15) is 17.7 Å². The first-order chi connectivity index (χ1) is 32.0. The number of rotatable bonds is 18. The van der Waals surface area contributed by atoms with Gasteiger partial charge in [-0.2, -0.15) is 14.6 Å². The van der Waals surface area contributed by atoms with Crippen molar-refractivity contribution < 1.29 is 32.5 Å². The number of aromatic nitrogens is 8. The molecule has 0 saturated heterocycles. The minimum Gasteiger partial charge on any atom is -0.497 e. The quantitative estimate of drug-likeness (QED) is 0.0794. The first-order valence-corrected chi connectivity index (χ1v) is 21.2. The van der Waals surface area contributed by atoms with Crippen LogP contribution in [0.5, 0.6) is 17.2 Å². The number of hydrogen-bond donors (Lipinski definition) is 2. The SMILES string of the molecule is COc1cc(N(CCCO)c2ccc3ncc(-c4cnn(C)c4)nc3c2)cc(F)c1F.COc1cc(OC)cc(N(CCCNCC(C)F)c2ccc3ncc(-c4cnn(C)c4)nc3c2)c1. The Labute approximate surface area is 380 Å². The lowest BCUT2D eigenvalue weighted by atomic mass is 10.1. The summed E-state index contributed by atoms with van der Waals surface area (Å²) in [5, 5.41) is 20.9. The molecule has 0 bridgehead atoms. The smallest absolute Gasteiger partial charge is 0.200 e. The van der Waals surface area contributed by atoms with Gasteiger partial charge in [-0.25, -0.2) is 18.7 Å². The van der Waals surface area contributed by atoms with E-state index >= 15 is 0 Å². The second-order valence-electron chi connectivity index (χ2n) is 15.4. The van der Waals surface area contributed by atoms with E-state index in [0.29, 0.717) is 72.2 Å². The van der Waals surface area contributed by atoms with Gasteiger partial charge < -0.3 is 34.4 Å². The molecule has 4 aromatic heterocycles. The second kappa shape index (κ2) is 21.6. The number of halogens is 3. The standard InChI is InChI=1S/C26H31FN6O2.C22H21F2N5O2/c1-18(27)14-28-8-5-9-33(21-10-22(34-3)13-23(11-21)35-4)20-6-7-24-25(12-20)31-26(16-29-24)19-15-30-32(2)17-19;1-28-13-14(11-26-28)20-12-25-18-5-4-15(9-19(18)27-20)29(6-3-7-30)16-8-17(23)22(24)21(10-16)31-2/h6-7,10-13,15-18,28H,5,8-9,14H2,1-4H3;4-5,8-13,30H,3,6-7H2,1-2H3. The molecule has 0 aliphatic heterocycles. The summed E-state index contributed by atoms with van der Waals surface area (Å²) >= 11 is 0. The highest BCUT2D eigenvalue weighted by Gasteiger charge is 2.19. The van der Waals surface area contributed by atoms with Gasteiger partial charge in [0.15, 0.2) is 11.6 Å². The molecule has 0 aliphatic carbocycles. The molecule has 18 heteroatoms. The van der Waals surface area contributed by atoms with Crippen molar-refractivity contribution in [3.63, 3.8) is 0 Å². The topological polar surface area (TPSA) is 154 Å². The Bertz CT molecular complexity index is 2870. The molecule has 2 N–H and O–H groups in total. The number of nitrogens with one attached hydrogen (secondary N) is 1. The fourth-order valence-corrected chi connectivity index (χ4v) is 7.23. The van der Waals surface area contributed by atoms with Crippen LogP contribution in [0.1, 0.15) is 19.8 Å². The summed E-state index contributed by atoms with van der Waals surface area (Å²) in [6.07, 6.45) is 11.1. The largest absolute Gasteiger partial charge is 0.497 e. The van der Waals surface area contributed by atoms with Gasteiger partial charge in [0.25, 0.3) is 0 Å². The van der Waals surface area contributed by atoms with Gasteiger partial charge in [-0.3, -0.25) is 19.3 Å². The molecule has 4 aromatic carbocycles. The van der Waals surface area contributed by atoms with E-state index in [2.05, 4.69) is 30.4 Å². The van der Waals surface area contributed by atoms with Gasteiger partial charge in [-0.05, 0) is 62.7 Å². The van der Waals surface area contributed by atoms with Crippen LogP contribution in [0.4, 0.5) is 35.9 Å². The van der Waals surface area contributed by atoms with Crippen molar-refractivity contribution in [2.24, 2.45) is 14.1 Å². The molecular formula is C48H52F3N11O4. The first kappa shape index (κ1) is 46.7. The van der Waals surface area contributed by atoms with Crippen LogP contribution in [0.3, 0.4) is 0 Å². The average Bonchev–Trinajstić information content (AvgIpc) is 3.98. The molecule has 0 radical (unpaired) electrons. The predicted molar refractivity (Wildman–Crippen MR) is 250 cm³/mol.